The number of benzene rings is 2. The standard InChI is InChI=1S/C54H80N2O11S2/c1-51(2,3)39-14-10-35(11-15-39)37(24-27-55-48(58)34-69(63,64)65)31-49(59)66-42-22-25-53(7)41(33-42)18-19-43-44-20-21-46(54(44,8)26-23-45(43)53)67-50(60)32-38(30-47(57)56-28-29-68(9,61)62)36-12-16-40(17-13-36)52(4,5)6/h10-17,37-38,41-46H,18-34H2,1-9H3,(H,55,58)(H,56,57)(H,63,64,65)/t37?,38?,41?,42-,43-,44-,45-,46-,53-,54-/m0/s1. The van der Waals surface area contributed by atoms with Crippen LogP contribution in [0.2, 0.25) is 0 Å². The molecule has 4 aliphatic rings. The summed E-state index contributed by atoms with van der Waals surface area (Å²) in [6, 6.07) is 16.2. The zero-order chi connectivity index (χ0) is 50.7. The van der Waals surface area contributed by atoms with Crippen molar-refractivity contribution in [3.05, 3.63) is 70.8 Å². The molecular formula is C54H80N2O11S2. The Labute approximate surface area is 412 Å². The third kappa shape index (κ3) is 14.2. The topological polar surface area (TPSA) is 199 Å². The Morgan fingerprint density at radius 3 is 1.78 bits per heavy atom. The molecule has 0 bridgehead atoms. The molecule has 0 aromatic heterocycles. The number of fused-ring (bicyclic) bond motifs is 5. The molecule has 0 heterocycles. The highest BCUT2D eigenvalue weighted by Crippen LogP contribution is 2.66. The van der Waals surface area contributed by atoms with Crippen LogP contribution in [0.5, 0.6) is 0 Å². The molecule has 3 N–H and O–H groups in total. The van der Waals surface area contributed by atoms with Crippen molar-refractivity contribution in [2.45, 2.75) is 174 Å². The minimum Gasteiger partial charge on any atom is -0.462 e. The summed E-state index contributed by atoms with van der Waals surface area (Å²) in [5.74, 6) is -1.68. The molecule has 384 valence electrons. The molecular weight excluding hydrogens is 917 g/mol. The molecule has 2 amide bonds. The molecule has 2 aromatic carbocycles. The molecule has 4 fully saturated rings. The van der Waals surface area contributed by atoms with E-state index < -0.39 is 37.5 Å². The van der Waals surface area contributed by atoms with Gasteiger partial charge in [-0.2, -0.15) is 8.42 Å². The minimum atomic E-state index is -4.46. The lowest BCUT2D eigenvalue weighted by Gasteiger charge is -2.60. The monoisotopic (exact) mass is 997 g/mol. The quantitative estimate of drug-likeness (QED) is 0.0953. The fourth-order valence-electron chi connectivity index (χ4n) is 12.8. The largest absolute Gasteiger partial charge is 0.462 e. The van der Waals surface area contributed by atoms with E-state index in [-0.39, 0.29) is 95.7 Å². The van der Waals surface area contributed by atoms with E-state index in [2.05, 4.69) is 78.2 Å². The van der Waals surface area contributed by atoms with Crippen LogP contribution in [0.4, 0.5) is 0 Å². The fourth-order valence-corrected chi connectivity index (χ4v) is 13.7. The maximum absolute atomic E-state index is 14.0. The summed E-state index contributed by atoms with van der Waals surface area (Å²) in [7, 11) is -7.70. The Bertz CT molecular complexity index is 2370. The second-order valence-corrected chi connectivity index (χ2v) is 27.5. The molecule has 0 saturated heterocycles. The van der Waals surface area contributed by atoms with Gasteiger partial charge in [0.05, 0.1) is 18.6 Å². The van der Waals surface area contributed by atoms with E-state index in [1.54, 1.807) is 0 Å². The van der Waals surface area contributed by atoms with E-state index >= 15 is 0 Å². The number of amides is 2. The lowest BCUT2D eigenvalue weighted by Crippen LogP contribution is -2.55. The van der Waals surface area contributed by atoms with Gasteiger partial charge in [0.2, 0.25) is 11.8 Å². The SMILES string of the molecule is CC(C)(C)c1ccc(C(CCNC(=O)CS(=O)(=O)O)CC(=O)O[C@H]2CC[C@@]3(C)C(CC[C@H]4[C@@H]5CC[C@H](OC(=O)CC(CC(=O)NCCS(C)(=O)=O)c6ccc(C(C)(C)C)cc6)[C@@]5(C)CC[C@@H]43)C2)cc1. The first-order valence-electron chi connectivity index (χ1n) is 25.3. The molecule has 0 aliphatic heterocycles. The van der Waals surface area contributed by atoms with Gasteiger partial charge < -0.3 is 20.1 Å². The van der Waals surface area contributed by atoms with Gasteiger partial charge in [-0.25, -0.2) is 8.42 Å². The highest BCUT2D eigenvalue weighted by Gasteiger charge is 2.61. The first-order valence-corrected chi connectivity index (χ1v) is 29.0. The van der Waals surface area contributed by atoms with E-state index in [4.69, 9.17) is 14.0 Å². The van der Waals surface area contributed by atoms with Gasteiger partial charge in [0.15, 0.2) is 5.75 Å². The Morgan fingerprint density at radius 2 is 1.20 bits per heavy atom. The third-order valence-corrected chi connectivity index (χ3v) is 18.4. The smallest absolute Gasteiger partial charge is 0.306 e. The molecule has 15 heteroatoms. The van der Waals surface area contributed by atoms with Gasteiger partial charge in [-0.05, 0) is 132 Å². The molecule has 13 nitrogen and oxygen atoms in total. The molecule has 6 rings (SSSR count). The van der Waals surface area contributed by atoms with Crippen molar-refractivity contribution >= 4 is 43.7 Å². The minimum absolute atomic E-state index is 0.0165. The summed E-state index contributed by atoms with van der Waals surface area (Å²) < 4.78 is 67.7. The van der Waals surface area contributed by atoms with E-state index in [1.165, 1.54) is 0 Å². The summed E-state index contributed by atoms with van der Waals surface area (Å²) in [6.07, 6.45) is 9.88. The lowest BCUT2D eigenvalue weighted by atomic mass is 9.45. The zero-order valence-corrected chi connectivity index (χ0v) is 44.2. The van der Waals surface area contributed by atoms with Crippen molar-refractivity contribution in [2.75, 3.05) is 30.9 Å². The zero-order valence-electron chi connectivity index (χ0n) is 42.6. The van der Waals surface area contributed by atoms with Crippen LogP contribution in [0.1, 0.15) is 173 Å². The number of rotatable bonds is 18. The summed E-state index contributed by atoms with van der Waals surface area (Å²) >= 11 is 0. The molecule has 4 aliphatic carbocycles. The highest BCUT2D eigenvalue weighted by molar-refractivity contribution is 7.90. The van der Waals surface area contributed by atoms with Crippen molar-refractivity contribution in [2.24, 2.45) is 34.5 Å². The number of esters is 2. The molecule has 69 heavy (non-hydrogen) atoms. The fraction of sp³-hybridized carbons (Fsp3) is 0.704. The van der Waals surface area contributed by atoms with Crippen LogP contribution in [0.15, 0.2) is 48.5 Å². The van der Waals surface area contributed by atoms with Gasteiger partial charge in [-0.1, -0.05) is 104 Å². The first-order chi connectivity index (χ1) is 32.0. The van der Waals surface area contributed by atoms with Crippen LogP contribution in [-0.2, 0) is 59.4 Å². The number of carbonyl (C=O) groups excluding carboxylic acids is 4. The van der Waals surface area contributed by atoms with Crippen molar-refractivity contribution in [1.29, 1.82) is 0 Å². The molecule has 0 radical (unpaired) electrons. The van der Waals surface area contributed by atoms with Crippen molar-refractivity contribution in [3.63, 3.8) is 0 Å². The normalized spacial score (nSPS) is 28.0. The number of hydrogen-bond acceptors (Lipinski definition) is 10. The number of nitrogens with one attached hydrogen (secondary N) is 2. The van der Waals surface area contributed by atoms with E-state index in [0.717, 1.165) is 86.3 Å². The second kappa shape index (κ2) is 21.5. The van der Waals surface area contributed by atoms with Gasteiger partial charge >= 0.3 is 11.9 Å². The average Bonchev–Trinajstić information content (AvgIpc) is 3.56. The van der Waals surface area contributed by atoms with Crippen LogP contribution < -0.4 is 10.6 Å². The van der Waals surface area contributed by atoms with Gasteiger partial charge in [-0.3, -0.25) is 23.7 Å². The van der Waals surface area contributed by atoms with Gasteiger partial charge in [0, 0.05) is 37.1 Å². The van der Waals surface area contributed by atoms with E-state index in [9.17, 15) is 36.0 Å². The molecule has 10 atom stereocenters. The second-order valence-electron chi connectivity index (χ2n) is 23.7. The summed E-state index contributed by atoms with van der Waals surface area (Å²) in [4.78, 5) is 53.0. The molecule has 4 saturated carbocycles. The number of carbonyl (C=O) groups is 4. The predicted molar refractivity (Wildman–Crippen MR) is 268 cm³/mol. The highest BCUT2D eigenvalue weighted by atomic mass is 32.2. The Hall–Kier alpha value is -3.82. The maximum Gasteiger partial charge on any atom is 0.306 e. The molecule has 0 spiro atoms. The third-order valence-electron chi connectivity index (χ3n) is 16.8. The van der Waals surface area contributed by atoms with Crippen LogP contribution in [0.3, 0.4) is 0 Å². The summed E-state index contributed by atoms with van der Waals surface area (Å²) in [6.45, 7) is 17.7. The van der Waals surface area contributed by atoms with E-state index in [0.29, 0.717) is 30.1 Å². The number of sulfone groups is 1. The van der Waals surface area contributed by atoms with Crippen molar-refractivity contribution in [1.82, 2.24) is 10.6 Å². The van der Waals surface area contributed by atoms with Gasteiger partial charge in [-0.15, -0.1) is 0 Å². The van der Waals surface area contributed by atoms with Gasteiger partial charge in [0.25, 0.3) is 10.1 Å². The molecule has 2 aromatic rings. The van der Waals surface area contributed by atoms with Crippen LogP contribution in [-0.4, -0.2) is 88.2 Å². The Balaban J connectivity index is 1.06. The Kier molecular flexibility index (Phi) is 17.0. The average molecular weight is 997 g/mol. The first kappa shape index (κ1) is 54.5. The number of hydrogen-bond donors (Lipinski definition) is 3. The Morgan fingerprint density at radius 1 is 0.667 bits per heavy atom. The van der Waals surface area contributed by atoms with Crippen LogP contribution in [0.25, 0.3) is 0 Å². The maximum atomic E-state index is 14.0. The molecule has 3 unspecified atom stereocenters. The summed E-state index contributed by atoms with van der Waals surface area (Å²) in [5, 5.41) is 5.30. The van der Waals surface area contributed by atoms with E-state index in [1.807, 2.05) is 36.4 Å². The predicted octanol–water partition coefficient (Wildman–Crippen LogP) is 8.74. The number of ether oxygens (including phenoxy) is 2. The van der Waals surface area contributed by atoms with Crippen LogP contribution in [0, 0.1) is 34.5 Å². The van der Waals surface area contributed by atoms with Crippen LogP contribution >= 0.6 is 0 Å². The van der Waals surface area contributed by atoms with Gasteiger partial charge in [0.1, 0.15) is 22.0 Å². The lowest BCUT2D eigenvalue weighted by molar-refractivity contribution is -0.170. The summed E-state index contributed by atoms with van der Waals surface area (Å²) in [5.41, 5.74) is 3.94. The van der Waals surface area contributed by atoms with Crippen molar-refractivity contribution < 1.29 is 50.0 Å². The van der Waals surface area contributed by atoms with Crippen molar-refractivity contribution in [3.8, 4) is 0 Å².